The minimum Gasteiger partial charge on any atom is -0.398 e. The van der Waals surface area contributed by atoms with Crippen LogP contribution in [0.4, 0.5) is 5.69 Å². The number of amides is 1. The van der Waals surface area contributed by atoms with Gasteiger partial charge in [-0.3, -0.25) is 4.79 Å². The summed E-state index contributed by atoms with van der Waals surface area (Å²) in [5.41, 5.74) is 7.63. The number of carbonyl (C=O) groups excluding carboxylic acids is 1. The molecule has 1 saturated carbocycles. The van der Waals surface area contributed by atoms with E-state index in [0.717, 1.165) is 35.0 Å². The number of rotatable bonds is 1. The second-order valence-electron chi connectivity index (χ2n) is 7.00. The van der Waals surface area contributed by atoms with Crippen LogP contribution in [0.2, 0.25) is 0 Å². The molecule has 4 rings (SSSR count). The van der Waals surface area contributed by atoms with Gasteiger partial charge in [-0.15, -0.1) is 0 Å². The van der Waals surface area contributed by atoms with Gasteiger partial charge in [-0.2, -0.15) is 0 Å². The van der Waals surface area contributed by atoms with Gasteiger partial charge in [0, 0.05) is 29.2 Å². The van der Waals surface area contributed by atoms with Gasteiger partial charge in [-0.1, -0.05) is 37.1 Å². The van der Waals surface area contributed by atoms with Crippen molar-refractivity contribution >= 4 is 22.4 Å². The average molecular weight is 308 g/mol. The smallest absolute Gasteiger partial charge is 0.254 e. The van der Waals surface area contributed by atoms with Crippen LogP contribution in [0.1, 0.15) is 48.9 Å². The van der Waals surface area contributed by atoms with E-state index in [0.29, 0.717) is 12.0 Å². The Hall–Kier alpha value is -2.03. The van der Waals surface area contributed by atoms with E-state index in [2.05, 4.69) is 4.90 Å². The summed E-state index contributed by atoms with van der Waals surface area (Å²) >= 11 is 0. The highest BCUT2D eigenvalue weighted by atomic mass is 16.2. The normalized spacial score (nSPS) is 24.4. The SMILES string of the molecule is Nc1ccc(C(=O)N2CCC[C@H]3CCCC[C@@H]32)c2ccccc12. The van der Waals surface area contributed by atoms with E-state index in [1.54, 1.807) is 0 Å². The molecule has 120 valence electrons. The number of nitrogens with zero attached hydrogens (tertiary/aromatic N) is 1. The molecule has 2 aromatic rings. The summed E-state index contributed by atoms with van der Waals surface area (Å²) in [4.78, 5) is 15.4. The summed E-state index contributed by atoms with van der Waals surface area (Å²) in [5.74, 6) is 0.902. The fraction of sp³-hybridized carbons (Fsp3) is 0.450. The van der Waals surface area contributed by atoms with Crippen LogP contribution in [0.5, 0.6) is 0 Å². The van der Waals surface area contributed by atoms with Crippen LogP contribution >= 0.6 is 0 Å². The summed E-state index contributed by atoms with van der Waals surface area (Å²) in [6, 6.07) is 12.2. The molecule has 2 aliphatic rings. The number of carbonyl (C=O) groups is 1. The van der Waals surface area contributed by atoms with Crippen molar-refractivity contribution in [3.63, 3.8) is 0 Å². The topological polar surface area (TPSA) is 46.3 Å². The lowest BCUT2D eigenvalue weighted by Crippen LogP contribution is -2.49. The minimum absolute atomic E-state index is 0.192. The number of benzene rings is 2. The Bertz CT molecular complexity index is 737. The average Bonchev–Trinajstić information content (AvgIpc) is 2.61. The lowest BCUT2D eigenvalue weighted by atomic mass is 9.78. The molecule has 3 heteroatoms. The molecule has 2 aromatic carbocycles. The van der Waals surface area contributed by atoms with Crippen LogP contribution in [0, 0.1) is 5.92 Å². The second kappa shape index (κ2) is 5.88. The van der Waals surface area contributed by atoms with Crippen molar-refractivity contribution in [3.05, 3.63) is 42.0 Å². The highest BCUT2D eigenvalue weighted by Gasteiger charge is 2.36. The standard InChI is InChI=1S/C20H24N2O/c21-18-12-11-17(15-8-2-3-9-16(15)18)20(23)22-13-5-7-14-6-1-4-10-19(14)22/h2-3,8-9,11-12,14,19H,1,4-7,10,13,21H2/t14-,19+/m1/s1. The maximum Gasteiger partial charge on any atom is 0.254 e. The Morgan fingerprint density at radius 1 is 0.957 bits per heavy atom. The number of hydrogen-bond donors (Lipinski definition) is 1. The highest BCUT2D eigenvalue weighted by molar-refractivity contribution is 6.10. The van der Waals surface area contributed by atoms with Crippen molar-refractivity contribution in [2.45, 2.75) is 44.6 Å². The van der Waals surface area contributed by atoms with E-state index >= 15 is 0 Å². The van der Waals surface area contributed by atoms with Crippen LogP contribution in [-0.4, -0.2) is 23.4 Å². The zero-order chi connectivity index (χ0) is 15.8. The van der Waals surface area contributed by atoms with Gasteiger partial charge >= 0.3 is 0 Å². The van der Waals surface area contributed by atoms with Gasteiger partial charge in [-0.05, 0) is 49.1 Å². The molecule has 1 saturated heterocycles. The number of anilines is 1. The van der Waals surface area contributed by atoms with Gasteiger partial charge in [-0.25, -0.2) is 0 Å². The maximum absolute atomic E-state index is 13.3. The Kier molecular flexibility index (Phi) is 3.72. The first kappa shape index (κ1) is 14.6. The zero-order valence-electron chi connectivity index (χ0n) is 13.5. The molecule has 1 aliphatic carbocycles. The van der Waals surface area contributed by atoms with Crippen LogP contribution in [-0.2, 0) is 0 Å². The molecule has 0 spiro atoms. The van der Waals surface area contributed by atoms with Crippen molar-refractivity contribution in [1.82, 2.24) is 4.90 Å². The zero-order valence-corrected chi connectivity index (χ0v) is 13.5. The van der Waals surface area contributed by atoms with E-state index in [-0.39, 0.29) is 5.91 Å². The first-order chi connectivity index (χ1) is 11.3. The summed E-state index contributed by atoms with van der Waals surface area (Å²) in [5, 5.41) is 1.96. The van der Waals surface area contributed by atoms with E-state index in [4.69, 9.17) is 5.73 Å². The third kappa shape index (κ3) is 2.48. The van der Waals surface area contributed by atoms with E-state index in [1.165, 1.54) is 32.1 Å². The number of nitrogens with two attached hydrogens (primary N) is 1. The van der Waals surface area contributed by atoms with Crippen LogP contribution in [0.25, 0.3) is 10.8 Å². The fourth-order valence-electron chi connectivity index (χ4n) is 4.54. The van der Waals surface area contributed by atoms with Gasteiger partial charge in [0.2, 0.25) is 0 Å². The fourth-order valence-corrected chi connectivity index (χ4v) is 4.54. The Morgan fingerprint density at radius 3 is 2.57 bits per heavy atom. The van der Waals surface area contributed by atoms with E-state index < -0.39 is 0 Å². The Labute approximate surface area is 137 Å². The van der Waals surface area contributed by atoms with E-state index in [9.17, 15) is 4.79 Å². The molecule has 1 amide bonds. The Balaban J connectivity index is 1.73. The largest absolute Gasteiger partial charge is 0.398 e. The molecule has 0 aromatic heterocycles. The first-order valence-corrected chi connectivity index (χ1v) is 8.84. The van der Waals surface area contributed by atoms with Crippen molar-refractivity contribution in [2.24, 2.45) is 5.92 Å². The predicted octanol–water partition coefficient (Wildman–Crippen LogP) is 4.22. The lowest BCUT2D eigenvalue weighted by molar-refractivity contribution is 0.0392. The van der Waals surface area contributed by atoms with Crippen molar-refractivity contribution in [1.29, 1.82) is 0 Å². The molecule has 2 N–H and O–H groups in total. The maximum atomic E-state index is 13.3. The Morgan fingerprint density at radius 2 is 1.70 bits per heavy atom. The monoisotopic (exact) mass is 308 g/mol. The molecule has 23 heavy (non-hydrogen) atoms. The van der Waals surface area contributed by atoms with Crippen LogP contribution < -0.4 is 5.73 Å². The molecule has 2 atom stereocenters. The van der Waals surface area contributed by atoms with Crippen LogP contribution in [0.15, 0.2) is 36.4 Å². The van der Waals surface area contributed by atoms with Gasteiger partial charge < -0.3 is 10.6 Å². The van der Waals surface area contributed by atoms with E-state index in [1.807, 2.05) is 36.4 Å². The van der Waals surface area contributed by atoms with Gasteiger partial charge in [0.15, 0.2) is 0 Å². The molecule has 1 heterocycles. The van der Waals surface area contributed by atoms with Crippen molar-refractivity contribution in [2.75, 3.05) is 12.3 Å². The highest BCUT2D eigenvalue weighted by Crippen LogP contribution is 2.36. The number of hydrogen-bond acceptors (Lipinski definition) is 2. The summed E-state index contributed by atoms with van der Waals surface area (Å²) < 4.78 is 0. The lowest BCUT2D eigenvalue weighted by Gasteiger charge is -2.44. The third-order valence-corrected chi connectivity index (χ3v) is 5.69. The predicted molar refractivity (Wildman–Crippen MR) is 94.4 cm³/mol. The number of piperidine rings is 1. The quantitative estimate of drug-likeness (QED) is 0.802. The summed E-state index contributed by atoms with van der Waals surface area (Å²) in [7, 11) is 0. The number of fused-ring (bicyclic) bond motifs is 2. The third-order valence-electron chi connectivity index (χ3n) is 5.69. The van der Waals surface area contributed by atoms with Crippen molar-refractivity contribution < 1.29 is 4.79 Å². The molecular formula is C20H24N2O. The number of likely N-dealkylation sites (tertiary alicyclic amines) is 1. The number of nitrogen functional groups attached to an aromatic ring is 1. The van der Waals surface area contributed by atoms with Crippen molar-refractivity contribution in [3.8, 4) is 0 Å². The second-order valence-corrected chi connectivity index (χ2v) is 7.00. The molecule has 0 bridgehead atoms. The van der Waals surface area contributed by atoms with Crippen LogP contribution in [0.3, 0.4) is 0 Å². The molecule has 2 fully saturated rings. The molecule has 0 unspecified atom stereocenters. The minimum atomic E-state index is 0.192. The molecular weight excluding hydrogens is 284 g/mol. The molecule has 3 nitrogen and oxygen atoms in total. The first-order valence-electron chi connectivity index (χ1n) is 8.84. The van der Waals surface area contributed by atoms with Gasteiger partial charge in [0.25, 0.3) is 5.91 Å². The summed E-state index contributed by atoms with van der Waals surface area (Å²) in [6.45, 7) is 0.901. The van der Waals surface area contributed by atoms with Gasteiger partial charge in [0.1, 0.15) is 0 Å². The van der Waals surface area contributed by atoms with Gasteiger partial charge in [0.05, 0.1) is 0 Å². The summed E-state index contributed by atoms with van der Waals surface area (Å²) in [6.07, 6.45) is 7.47. The molecule has 0 radical (unpaired) electrons. The molecule has 1 aliphatic heterocycles.